The van der Waals surface area contributed by atoms with E-state index in [9.17, 15) is 0 Å². The maximum atomic E-state index is 6.08. The summed E-state index contributed by atoms with van der Waals surface area (Å²) < 4.78 is 6.08. The lowest BCUT2D eigenvalue weighted by atomic mass is 9.85. The molecule has 0 aromatic heterocycles. The maximum Gasteiger partial charge on any atom is 0.0644 e. The highest BCUT2D eigenvalue weighted by molar-refractivity contribution is 4.85. The van der Waals surface area contributed by atoms with E-state index in [0.717, 1.165) is 30.9 Å². The number of hydrogen-bond donors (Lipinski definition) is 1. The summed E-state index contributed by atoms with van der Waals surface area (Å²) >= 11 is 0. The summed E-state index contributed by atoms with van der Waals surface area (Å²) in [5.41, 5.74) is 0. The van der Waals surface area contributed by atoms with Crippen molar-refractivity contribution in [1.29, 1.82) is 0 Å². The molecule has 2 atom stereocenters. The fourth-order valence-corrected chi connectivity index (χ4v) is 3.59. The van der Waals surface area contributed by atoms with E-state index >= 15 is 0 Å². The summed E-state index contributed by atoms with van der Waals surface area (Å²) in [5, 5.41) is 3.63. The Hall–Kier alpha value is -0.0800. The molecular formula is C16H31NO. The number of nitrogens with one attached hydrogen (secondary N) is 1. The highest BCUT2D eigenvalue weighted by Gasteiger charge is 2.34. The van der Waals surface area contributed by atoms with E-state index in [-0.39, 0.29) is 0 Å². The van der Waals surface area contributed by atoms with E-state index in [0.29, 0.717) is 6.10 Å². The van der Waals surface area contributed by atoms with E-state index in [1.54, 1.807) is 0 Å². The Kier molecular flexibility index (Phi) is 5.97. The van der Waals surface area contributed by atoms with Crippen molar-refractivity contribution >= 4 is 0 Å². The lowest BCUT2D eigenvalue weighted by Crippen LogP contribution is -2.34. The molecule has 0 spiro atoms. The monoisotopic (exact) mass is 253 g/mol. The summed E-state index contributed by atoms with van der Waals surface area (Å²) in [6, 6.07) is 0. The highest BCUT2D eigenvalue weighted by Crippen LogP contribution is 2.34. The molecule has 2 rings (SSSR count). The molecule has 2 fully saturated rings. The van der Waals surface area contributed by atoms with Gasteiger partial charge in [-0.2, -0.15) is 0 Å². The molecule has 1 saturated heterocycles. The molecule has 0 aromatic rings. The molecule has 1 saturated carbocycles. The summed E-state index contributed by atoms with van der Waals surface area (Å²) in [5.74, 6) is 2.37. The van der Waals surface area contributed by atoms with E-state index in [4.69, 9.17) is 4.74 Å². The van der Waals surface area contributed by atoms with Crippen LogP contribution in [0.5, 0.6) is 0 Å². The van der Waals surface area contributed by atoms with E-state index in [1.807, 2.05) is 0 Å². The van der Waals surface area contributed by atoms with Gasteiger partial charge in [-0.15, -0.1) is 0 Å². The Morgan fingerprint density at radius 1 is 1.06 bits per heavy atom. The van der Waals surface area contributed by atoms with Crippen LogP contribution in [0.2, 0.25) is 0 Å². The largest absolute Gasteiger partial charge is 0.378 e. The zero-order valence-electron chi connectivity index (χ0n) is 12.3. The molecule has 1 aliphatic heterocycles. The topological polar surface area (TPSA) is 21.3 Å². The third kappa shape index (κ3) is 4.24. The van der Waals surface area contributed by atoms with Gasteiger partial charge in [0.25, 0.3) is 0 Å². The second-order valence-electron chi connectivity index (χ2n) is 6.69. The van der Waals surface area contributed by atoms with Gasteiger partial charge in [-0.05, 0) is 37.6 Å². The smallest absolute Gasteiger partial charge is 0.0644 e. The van der Waals surface area contributed by atoms with Crippen LogP contribution >= 0.6 is 0 Å². The van der Waals surface area contributed by atoms with Crippen molar-refractivity contribution < 1.29 is 4.74 Å². The Morgan fingerprint density at radius 2 is 1.78 bits per heavy atom. The third-order valence-corrected chi connectivity index (χ3v) is 4.59. The first-order valence-corrected chi connectivity index (χ1v) is 8.09. The van der Waals surface area contributed by atoms with Crippen LogP contribution in [0, 0.1) is 17.8 Å². The fourth-order valence-electron chi connectivity index (χ4n) is 3.59. The Labute approximate surface area is 113 Å². The molecule has 106 valence electrons. The summed E-state index contributed by atoms with van der Waals surface area (Å²) in [6.45, 7) is 7.87. The van der Waals surface area contributed by atoms with E-state index in [2.05, 4.69) is 19.2 Å². The van der Waals surface area contributed by atoms with Gasteiger partial charge in [0.1, 0.15) is 0 Å². The number of ether oxygens (including phenoxy) is 1. The van der Waals surface area contributed by atoms with Crippen LogP contribution in [0.15, 0.2) is 0 Å². The standard InChI is InChI=1S/C16H31NO/c1-13(2)11-17-12-15-9-10-18-16(15)14-7-5-3-4-6-8-14/h13-17H,3-12H2,1-2H3. The minimum atomic E-state index is 0.558. The first kappa shape index (κ1) is 14.3. The Bertz CT molecular complexity index is 221. The lowest BCUT2D eigenvalue weighted by molar-refractivity contribution is 0.0353. The second-order valence-corrected chi connectivity index (χ2v) is 6.69. The quantitative estimate of drug-likeness (QED) is 0.756. The Balaban J connectivity index is 1.78. The van der Waals surface area contributed by atoms with Crippen LogP contribution in [0.1, 0.15) is 58.8 Å². The predicted octanol–water partition coefficient (Wildman–Crippen LogP) is 3.61. The number of hydrogen-bond acceptors (Lipinski definition) is 2. The van der Waals surface area contributed by atoms with Crippen molar-refractivity contribution in [2.45, 2.75) is 64.9 Å². The molecule has 1 aliphatic carbocycles. The van der Waals surface area contributed by atoms with Crippen LogP contribution in [0.25, 0.3) is 0 Å². The molecule has 0 radical (unpaired) electrons. The van der Waals surface area contributed by atoms with Gasteiger partial charge in [-0.25, -0.2) is 0 Å². The number of rotatable bonds is 5. The molecule has 2 aliphatic rings. The van der Waals surface area contributed by atoms with Crippen LogP contribution in [-0.4, -0.2) is 25.8 Å². The van der Waals surface area contributed by atoms with Crippen LogP contribution in [0.3, 0.4) is 0 Å². The maximum absolute atomic E-state index is 6.08. The van der Waals surface area contributed by atoms with Crippen LogP contribution in [0.4, 0.5) is 0 Å². The molecule has 0 bridgehead atoms. The van der Waals surface area contributed by atoms with Gasteiger partial charge in [0, 0.05) is 19.1 Å². The van der Waals surface area contributed by atoms with Gasteiger partial charge < -0.3 is 10.1 Å². The van der Waals surface area contributed by atoms with Crippen molar-refractivity contribution in [3.63, 3.8) is 0 Å². The zero-order chi connectivity index (χ0) is 12.8. The molecule has 0 aromatic carbocycles. The average Bonchev–Trinajstić information content (AvgIpc) is 2.63. The molecule has 18 heavy (non-hydrogen) atoms. The average molecular weight is 253 g/mol. The normalized spacial score (nSPS) is 30.8. The van der Waals surface area contributed by atoms with Gasteiger partial charge in [-0.3, -0.25) is 0 Å². The summed E-state index contributed by atoms with van der Waals surface area (Å²) in [4.78, 5) is 0. The second kappa shape index (κ2) is 7.49. The Morgan fingerprint density at radius 3 is 2.44 bits per heavy atom. The van der Waals surface area contributed by atoms with Crippen molar-refractivity contribution in [2.75, 3.05) is 19.7 Å². The minimum absolute atomic E-state index is 0.558. The molecule has 2 nitrogen and oxygen atoms in total. The van der Waals surface area contributed by atoms with Crippen LogP contribution in [-0.2, 0) is 4.74 Å². The highest BCUT2D eigenvalue weighted by atomic mass is 16.5. The van der Waals surface area contributed by atoms with Crippen LogP contribution < -0.4 is 5.32 Å². The van der Waals surface area contributed by atoms with Gasteiger partial charge in [0.05, 0.1) is 6.10 Å². The summed E-state index contributed by atoms with van der Waals surface area (Å²) in [7, 11) is 0. The predicted molar refractivity (Wildman–Crippen MR) is 76.7 cm³/mol. The fraction of sp³-hybridized carbons (Fsp3) is 1.00. The molecule has 1 N–H and O–H groups in total. The zero-order valence-corrected chi connectivity index (χ0v) is 12.3. The first-order valence-electron chi connectivity index (χ1n) is 8.09. The third-order valence-electron chi connectivity index (χ3n) is 4.59. The molecule has 1 heterocycles. The molecule has 2 heteroatoms. The molecule has 2 unspecified atom stereocenters. The van der Waals surface area contributed by atoms with Gasteiger partial charge >= 0.3 is 0 Å². The van der Waals surface area contributed by atoms with Gasteiger partial charge in [-0.1, -0.05) is 39.5 Å². The lowest BCUT2D eigenvalue weighted by Gasteiger charge is -2.27. The summed E-state index contributed by atoms with van der Waals surface area (Å²) in [6.07, 6.45) is 10.4. The molecular weight excluding hydrogens is 222 g/mol. The molecule has 0 amide bonds. The van der Waals surface area contributed by atoms with Crippen molar-refractivity contribution in [2.24, 2.45) is 17.8 Å². The first-order chi connectivity index (χ1) is 8.77. The minimum Gasteiger partial charge on any atom is -0.378 e. The van der Waals surface area contributed by atoms with Gasteiger partial charge in [0.2, 0.25) is 0 Å². The van der Waals surface area contributed by atoms with E-state index in [1.165, 1.54) is 51.5 Å². The van der Waals surface area contributed by atoms with Crippen molar-refractivity contribution in [3.8, 4) is 0 Å². The van der Waals surface area contributed by atoms with Crippen molar-refractivity contribution in [1.82, 2.24) is 5.32 Å². The van der Waals surface area contributed by atoms with Crippen molar-refractivity contribution in [3.05, 3.63) is 0 Å². The van der Waals surface area contributed by atoms with E-state index < -0.39 is 0 Å². The van der Waals surface area contributed by atoms with Gasteiger partial charge in [0.15, 0.2) is 0 Å². The SMILES string of the molecule is CC(C)CNCC1CCOC1C1CCCCCC1.